The van der Waals surface area contributed by atoms with Crippen LogP contribution in [0.3, 0.4) is 0 Å². The smallest absolute Gasteiger partial charge is 0.102 e. The maximum atomic E-state index is 11.8. The molecule has 1 fully saturated rings. The zero-order valence-electron chi connectivity index (χ0n) is 7.85. The van der Waals surface area contributed by atoms with Gasteiger partial charge in [0.05, 0.1) is 0 Å². The van der Waals surface area contributed by atoms with E-state index in [1.165, 1.54) is 25.9 Å². The Hall–Kier alpha value is -0.150. The number of hydrogen-bond acceptors (Lipinski definition) is 2. The molecule has 72 valence electrons. The van der Waals surface area contributed by atoms with E-state index in [2.05, 4.69) is 17.1 Å². The van der Waals surface area contributed by atoms with Crippen LogP contribution in [0, 0.1) is 0 Å². The predicted octanol–water partition coefficient (Wildman–Crippen LogP) is 1.03. The third-order valence-electron chi connectivity index (χ3n) is 2.32. The Balaban J connectivity index is 2.03. The van der Waals surface area contributed by atoms with Crippen LogP contribution in [0.4, 0.5) is 4.39 Å². The molecule has 1 aliphatic heterocycles. The third kappa shape index (κ3) is 3.50. The van der Waals surface area contributed by atoms with Gasteiger partial charge in [-0.05, 0) is 32.9 Å². The number of nitrogens with one attached hydrogen (secondary N) is 1. The van der Waals surface area contributed by atoms with E-state index in [0.717, 1.165) is 6.54 Å². The quantitative estimate of drug-likeness (QED) is 0.669. The van der Waals surface area contributed by atoms with Gasteiger partial charge in [-0.1, -0.05) is 0 Å². The predicted molar refractivity (Wildman–Crippen MR) is 49.1 cm³/mol. The first-order chi connectivity index (χ1) is 5.83. The molecule has 0 bridgehead atoms. The molecular weight excluding hydrogens is 155 g/mol. The van der Waals surface area contributed by atoms with Gasteiger partial charge in [0.1, 0.15) is 6.67 Å². The van der Waals surface area contributed by atoms with E-state index in [1.807, 2.05) is 0 Å². The van der Waals surface area contributed by atoms with Crippen molar-refractivity contribution >= 4 is 0 Å². The summed E-state index contributed by atoms with van der Waals surface area (Å²) in [5.74, 6) is 0. The number of rotatable bonds is 5. The molecule has 0 radical (unpaired) electrons. The molecule has 1 atom stereocenters. The molecule has 1 heterocycles. The van der Waals surface area contributed by atoms with Gasteiger partial charge in [-0.3, -0.25) is 0 Å². The van der Waals surface area contributed by atoms with Crippen LogP contribution in [0.25, 0.3) is 0 Å². The molecule has 0 aromatic heterocycles. The SMILES string of the molecule is CC(CN1CCCC1)NCCF. The fourth-order valence-electron chi connectivity index (χ4n) is 1.72. The number of alkyl halides is 1. The Kier molecular flexibility index (Phi) is 4.54. The van der Waals surface area contributed by atoms with Crippen LogP contribution < -0.4 is 5.32 Å². The fourth-order valence-corrected chi connectivity index (χ4v) is 1.72. The minimum atomic E-state index is -0.260. The second kappa shape index (κ2) is 5.49. The highest BCUT2D eigenvalue weighted by Crippen LogP contribution is 2.07. The summed E-state index contributed by atoms with van der Waals surface area (Å²) in [4.78, 5) is 2.44. The molecule has 12 heavy (non-hydrogen) atoms. The average molecular weight is 174 g/mol. The summed E-state index contributed by atoms with van der Waals surface area (Å²) >= 11 is 0. The van der Waals surface area contributed by atoms with Gasteiger partial charge in [0.2, 0.25) is 0 Å². The molecule has 0 spiro atoms. The number of halogens is 1. The first-order valence-corrected chi connectivity index (χ1v) is 4.84. The molecule has 0 aliphatic carbocycles. The van der Waals surface area contributed by atoms with Crippen molar-refractivity contribution in [2.24, 2.45) is 0 Å². The third-order valence-corrected chi connectivity index (χ3v) is 2.32. The molecule has 2 nitrogen and oxygen atoms in total. The zero-order chi connectivity index (χ0) is 8.81. The van der Waals surface area contributed by atoms with Crippen molar-refractivity contribution < 1.29 is 4.39 Å². The Morgan fingerprint density at radius 1 is 1.42 bits per heavy atom. The summed E-state index contributed by atoms with van der Waals surface area (Å²) in [6.45, 7) is 5.87. The van der Waals surface area contributed by atoms with E-state index in [-0.39, 0.29) is 6.67 Å². The standard InChI is InChI=1S/C9H19FN2/c1-9(11-5-4-10)8-12-6-2-3-7-12/h9,11H,2-8H2,1H3. The second-order valence-electron chi connectivity index (χ2n) is 3.55. The Bertz CT molecular complexity index is 113. The monoisotopic (exact) mass is 174 g/mol. The summed E-state index contributed by atoms with van der Waals surface area (Å²) < 4.78 is 11.8. The Morgan fingerprint density at radius 3 is 2.67 bits per heavy atom. The van der Waals surface area contributed by atoms with E-state index in [9.17, 15) is 4.39 Å². The van der Waals surface area contributed by atoms with Crippen LogP contribution in [0.1, 0.15) is 19.8 Å². The second-order valence-corrected chi connectivity index (χ2v) is 3.55. The van der Waals surface area contributed by atoms with Gasteiger partial charge < -0.3 is 10.2 Å². The Labute approximate surface area is 74.1 Å². The summed E-state index contributed by atoms with van der Waals surface area (Å²) in [7, 11) is 0. The maximum Gasteiger partial charge on any atom is 0.102 e. The van der Waals surface area contributed by atoms with Crippen molar-refractivity contribution in [2.75, 3.05) is 32.9 Å². The van der Waals surface area contributed by atoms with Crippen molar-refractivity contribution in [3.8, 4) is 0 Å². The number of nitrogens with zero attached hydrogens (tertiary/aromatic N) is 1. The molecule has 0 aromatic rings. The fraction of sp³-hybridized carbons (Fsp3) is 1.00. The molecule has 0 aromatic carbocycles. The molecule has 1 aliphatic rings. The van der Waals surface area contributed by atoms with Crippen molar-refractivity contribution in [2.45, 2.75) is 25.8 Å². The van der Waals surface area contributed by atoms with E-state index in [0.29, 0.717) is 12.6 Å². The van der Waals surface area contributed by atoms with Gasteiger partial charge in [0.15, 0.2) is 0 Å². The number of hydrogen-bond donors (Lipinski definition) is 1. The lowest BCUT2D eigenvalue weighted by Crippen LogP contribution is -2.38. The Morgan fingerprint density at radius 2 is 2.08 bits per heavy atom. The largest absolute Gasteiger partial charge is 0.310 e. The summed E-state index contributed by atoms with van der Waals surface area (Å²) in [5, 5.41) is 3.14. The van der Waals surface area contributed by atoms with Crippen LogP contribution in [-0.4, -0.2) is 43.8 Å². The maximum absolute atomic E-state index is 11.8. The molecule has 0 saturated carbocycles. The highest BCUT2D eigenvalue weighted by Gasteiger charge is 2.13. The van der Waals surface area contributed by atoms with E-state index in [4.69, 9.17) is 0 Å². The van der Waals surface area contributed by atoms with Crippen molar-refractivity contribution in [3.63, 3.8) is 0 Å². The van der Waals surface area contributed by atoms with E-state index < -0.39 is 0 Å². The molecular formula is C9H19FN2. The molecule has 1 unspecified atom stereocenters. The normalized spacial score (nSPS) is 21.5. The zero-order valence-corrected chi connectivity index (χ0v) is 7.85. The van der Waals surface area contributed by atoms with Gasteiger partial charge >= 0.3 is 0 Å². The van der Waals surface area contributed by atoms with Gasteiger partial charge in [0, 0.05) is 19.1 Å². The molecule has 3 heteroatoms. The minimum absolute atomic E-state index is 0.260. The lowest BCUT2D eigenvalue weighted by Gasteiger charge is -2.20. The average Bonchev–Trinajstić information content (AvgIpc) is 2.53. The first-order valence-electron chi connectivity index (χ1n) is 4.84. The molecule has 1 N–H and O–H groups in total. The lowest BCUT2D eigenvalue weighted by molar-refractivity contribution is 0.294. The first kappa shape index (κ1) is 9.93. The van der Waals surface area contributed by atoms with Crippen LogP contribution in [0.15, 0.2) is 0 Å². The van der Waals surface area contributed by atoms with Crippen LogP contribution in [0.2, 0.25) is 0 Å². The van der Waals surface area contributed by atoms with Crippen LogP contribution in [0.5, 0.6) is 0 Å². The summed E-state index contributed by atoms with van der Waals surface area (Å²) in [5.41, 5.74) is 0. The molecule has 1 saturated heterocycles. The van der Waals surface area contributed by atoms with Crippen LogP contribution >= 0.6 is 0 Å². The van der Waals surface area contributed by atoms with Crippen molar-refractivity contribution in [1.29, 1.82) is 0 Å². The highest BCUT2D eigenvalue weighted by molar-refractivity contribution is 4.71. The van der Waals surface area contributed by atoms with E-state index in [1.54, 1.807) is 0 Å². The van der Waals surface area contributed by atoms with Gasteiger partial charge in [-0.25, -0.2) is 4.39 Å². The van der Waals surface area contributed by atoms with Gasteiger partial charge in [0.25, 0.3) is 0 Å². The highest BCUT2D eigenvalue weighted by atomic mass is 19.1. The topological polar surface area (TPSA) is 15.3 Å². The van der Waals surface area contributed by atoms with Crippen LogP contribution in [-0.2, 0) is 0 Å². The molecule has 1 rings (SSSR count). The summed E-state index contributed by atoms with van der Waals surface area (Å²) in [6, 6.07) is 0.429. The van der Waals surface area contributed by atoms with Crippen molar-refractivity contribution in [1.82, 2.24) is 10.2 Å². The van der Waals surface area contributed by atoms with Gasteiger partial charge in [-0.15, -0.1) is 0 Å². The lowest BCUT2D eigenvalue weighted by atomic mass is 10.3. The minimum Gasteiger partial charge on any atom is -0.310 e. The van der Waals surface area contributed by atoms with Crippen molar-refractivity contribution in [3.05, 3.63) is 0 Å². The van der Waals surface area contributed by atoms with E-state index >= 15 is 0 Å². The molecule has 0 amide bonds. The number of likely N-dealkylation sites (tertiary alicyclic amines) is 1. The van der Waals surface area contributed by atoms with Gasteiger partial charge in [-0.2, -0.15) is 0 Å². The summed E-state index contributed by atoms with van der Waals surface area (Å²) in [6.07, 6.45) is 2.66.